The molecule has 1 fully saturated rings. The molecule has 4 rings (SSSR count). The molecule has 37 heavy (non-hydrogen) atoms. The van der Waals surface area contributed by atoms with Crippen LogP contribution in [0.25, 0.3) is 0 Å². The first-order chi connectivity index (χ1) is 17.3. The number of rotatable bonds is 6. The summed E-state index contributed by atoms with van der Waals surface area (Å²) >= 11 is 0. The summed E-state index contributed by atoms with van der Waals surface area (Å²) in [5.41, 5.74) is -0.416. The largest absolute Gasteiger partial charge is 0.573 e. The zero-order valence-electron chi connectivity index (χ0n) is 18.8. The van der Waals surface area contributed by atoms with Crippen molar-refractivity contribution in [1.82, 2.24) is 10.2 Å². The fourth-order valence-electron chi connectivity index (χ4n) is 4.33. The molecule has 1 aliphatic heterocycles. The fraction of sp³-hybridized carbons (Fsp3) is 0.333. The predicted octanol–water partition coefficient (Wildman–Crippen LogP) is 3.78. The number of benzene rings is 2. The van der Waals surface area contributed by atoms with Crippen molar-refractivity contribution < 1.29 is 50.3 Å². The number of ketones is 2. The maximum absolute atomic E-state index is 14.7. The third-order valence-electron chi connectivity index (χ3n) is 6.06. The van der Waals surface area contributed by atoms with E-state index in [9.17, 15) is 45.5 Å². The molecule has 1 saturated carbocycles. The average molecular weight is 528 g/mol. The number of ether oxygens (including phenoxy) is 1. The lowest BCUT2D eigenvalue weighted by atomic mass is 9.92. The van der Waals surface area contributed by atoms with E-state index in [-0.39, 0.29) is 49.0 Å². The summed E-state index contributed by atoms with van der Waals surface area (Å²) in [5, 5.41) is 1.92. The van der Waals surface area contributed by atoms with Crippen molar-refractivity contribution >= 4 is 23.4 Å². The molecule has 2 aromatic rings. The van der Waals surface area contributed by atoms with Gasteiger partial charge in [0, 0.05) is 31.1 Å². The summed E-state index contributed by atoms with van der Waals surface area (Å²) in [6.07, 6.45) is -5.27. The van der Waals surface area contributed by atoms with Gasteiger partial charge in [0.2, 0.25) is 0 Å². The van der Waals surface area contributed by atoms with E-state index in [0.29, 0.717) is 23.3 Å². The second-order valence-corrected chi connectivity index (χ2v) is 8.61. The smallest absolute Gasteiger partial charge is 0.405 e. The normalized spacial score (nSPS) is 18.2. The molecule has 0 aromatic heterocycles. The number of nitrogens with one attached hydrogen (secondary N) is 1. The Hall–Kier alpha value is -3.90. The molecule has 1 heterocycles. The summed E-state index contributed by atoms with van der Waals surface area (Å²) in [7, 11) is 0. The minimum absolute atomic E-state index is 0.0461. The Kier molecular flexibility index (Phi) is 6.74. The Bertz CT molecular complexity index is 1290. The summed E-state index contributed by atoms with van der Waals surface area (Å²) in [5.74, 6) is -10.3. The number of hydrogen-bond acceptors (Lipinski definition) is 5. The van der Waals surface area contributed by atoms with E-state index in [4.69, 9.17) is 0 Å². The van der Waals surface area contributed by atoms with Gasteiger partial charge in [0.05, 0.1) is 18.0 Å². The van der Waals surface area contributed by atoms with Crippen molar-refractivity contribution in [2.45, 2.75) is 50.7 Å². The van der Waals surface area contributed by atoms with E-state index in [2.05, 4.69) is 4.74 Å². The minimum Gasteiger partial charge on any atom is -0.405 e. The number of amides is 2. The number of hydrogen-bond donors (Lipinski definition) is 1. The van der Waals surface area contributed by atoms with Crippen molar-refractivity contribution in [2.24, 2.45) is 0 Å². The number of nitrogens with zero attached hydrogens (tertiary/aromatic N) is 1. The molecule has 0 saturated heterocycles. The van der Waals surface area contributed by atoms with Crippen LogP contribution in [0.5, 0.6) is 5.75 Å². The van der Waals surface area contributed by atoms with Crippen molar-refractivity contribution in [1.29, 1.82) is 0 Å². The van der Waals surface area contributed by atoms with E-state index >= 15 is 0 Å². The van der Waals surface area contributed by atoms with Gasteiger partial charge < -0.3 is 15.0 Å². The zero-order valence-corrected chi connectivity index (χ0v) is 18.8. The number of halogens is 6. The monoisotopic (exact) mass is 528 g/mol. The van der Waals surface area contributed by atoms with Gasteiger partial charge in [0.25, 0.3) is 11.8 Å². The van der Waals surface area contributed by atoms with Gasteiger partial charge in [-0.15, -0.1) is 13.2 Å². The molecule has 7 nitrogen and oxygen atoms in total. The molecule has 196 valence electrons. The SMILES string of the molecule is O=C1CCC(N2Cc3cc(CNC(=O)C(F)(F)c4ccc(F)cc4OC(F)(F)F)ccc3C2=O)C(=O)C1. The Morgan fingerprint density at radius 2 is 1.78 bits per heavy atom. The van der Waals surface area contributed by atoms with E-state index in [1.807, 2.05) is 5.32 Å². The lowest BCUT2D eigenvalue weighted by Crippen LogP contribution is -2.44. The summed E-state index contributed by atoms with van der Waals surface area (Å²) in [4.78, 5) is 50.0. The summed E-state index contributed by atoms with van der Waals surface area (Å²) in [6.45, 7) is -0.423. The first kappa shape index (κ1) is 26.2. The first-order valence-corrected chi connectivity index (χ1v) is 11.0. The van der Waals surface area contributed by atoms with Gasteiger partial charge in [0.15, 0.2) is 5.78 Å². The lowest BCUT2D eigenvalue weighted by Gasteiger charge is -2.29. The second-order valence-electron chi connectivity index (χ2n) is 8.61. The third kappa shape index (κ3) is 5.44. The molecule has 1 unspecified atom stereocenters. The maximum Gasteiger partial charge on any atom is 0.573 e. The van der Waals surface area contributed by atoms with Gasteiger partial charge in [-0.3, -0.25) is 19.2 Å². The number of alkyl halides is 5. The van der Waals surface area contributed by atoms with E-state index in [0.717, 1.165) is 0 Å². The lowest BCUT2D eigenvalue weighted by molar-refractivity contribution is -0.275. The molecule has 0 bridgehead atoms. The molecule has 2 aliphatic rings. The Balaban J connectivity index is 1.46. The van der Waals surface area contributed by atoms with Gasteiger partial charge in [-0.25, -0.2) is 4.39 Å². The first-order valence-electron chi connectivity index (χ1n) is 11.0. The van der Waals surface area contributed by atoms with Crippen molar-refractivity contribution in [3.05, 3.63) is 64.5 Å². The van der Waals surface area contributed by atoms with Crippen LogP contribution in [0.1, 0.15) is 46.3 Å². The molecule has 0 spiro atoms. The molecule has 0 radical (unpaired) electrons. The molecule has 1 atom stereocenters. The van der Waals surface area contributed by atoms with E-state index in [1.54, 1.807) is 0 Å². The summed E-state index contributed by atoms with van der Waals surface area (Å²) < 4.78 is 84.0. The van der Waals surface area contributed by atoms with Gasteiger partial charge in [-0.05, 0) is 35.7 Å². The second kappa shape index (κ2) is 9.52. The molecule has 13 heteroatoms. The summed E-state index contributed by atoms with van der Waals surface area (Å²) in [6, 6.07) is 4.41. The van der Waals surface area contributed by atoms with Crippen LogP contribution in [0.3, 0.4) is 0 Å². The van der Waals surface area contributed by atoms with Crippen LogP contribution in [0.4, 0.5) is 26.3 Å². The quantitative estimate of drug-likeness (QED) is 0.455. The van der Waals surface area contributed by atoms with Crippen molar-refractivity contribution in [3.63, 3.8) is 0 Å². The number of fused-ring (bicyclic) bond motifs is 1. The average Bonchev–Trinajstić information content (AvgIpc) is 3.11. The van der Waals surface area contributed by atoms with Crippen LogP contribution in [-0.2, 0) is 33.4 Å². The number of Topliss-reactive ketones (excluding diaryl/α,β-unsaturated/α-hetero) is 2. The van der Waals surface area contributed by atoms with Crippen molar-refractivity contribution in [3.8, 4) is 5.75 Å². The topological polar surface area (TPSA) is 92.8 Å². The molecule has 2 aromatic carbocycles. The Labute approximate surface area is 205 Å². The van der Waals surface area contributed by atoms with Crippen LogP contribution >= 0.6 is 0 Å². The minimum atomic E-state index is -5.40. The van der Waals surface area contributed by atoms with Gasteiger partial charge in [-0.1, -0.05) is 12.1 Å². The maximum atomic E-state index is 14.7. The fourth-order valence-corrected chi connectivity index (χ4v) is 4.33. The van der Waals surface area contributed by atoms with Crippen LogP contribution in [0, 0.1) is 5.82 Å². The highest BCUT2D eigenvalue weighted by Crippen LogP contribution is 2.38. The van der Waals surface area contributed by atoms with Crippen molar-refractivity contribution in [2.75, 3.05) is 0 Å². The van der Waals surface area contributed by atoms with Crippen LogP contribution in [-0.4, -0.2) is 40.7 Å². The highest BCUT2D eigenvalue weighted by molar-refractivity contribution is 6.07. The van der Waals surface area contributed by atoms with Crippen LogP contribution < -0.4 is 10.1 Å². The van der Waals surface area contributed by atoms with Gasteiger partial charge >= 0.3 is 12.3 Å². The Morgan fingerprint density at radius 1 is 1.05 bits per heavy atom. The van der Waals surface area contributed by atoms with Gasteiger partial charge in [0.1, 0.15) is 17.3 Å². The Morgan fingerprint density at radius 3 is 2.46 bits per heavy atom. The molecular weight excluding hydrogens is 510 g/mol. The number of carbonyl (C=O) groups is 4. The zero-order chi connectivity index (χ0) is 27.1. The highest BCUT2D eigenvalue weighted by atomic mass is 19.4. The molecular formula is C24H18F6N2O5. The van der Waals surface area contributed by atoms with Crippen LogP contribution in [0.2, 0.25) is 0 Å². The van der Waals surface area contributed by atoms with Crippen LogP contribution in [0.15, 0.2) is 36.4 Å². The van der Waals surface area contributed by atoms with E-state index in [1.165, 1.54) is 23.1 Å². The molecule has 1 aliphatic carbocycles. The third-order valence-corrected chi connectivity index (χ3v) is 6.06. The standard InChI is InChI=1S/C24H18F6N2O5/c25-14-2-5-17(20(8-14)37-24(28,29)30)23(26,27)22(36)31-10-12-1-4-16-13(7-12)11-32(21(16)35)18-6-3-15(33)9-19(18)34/h1-2,4-5,7-8,18H,3,6,9-11H2,(H,31,36). The highest BCUT2D eigenvalue weighted by Gasteiger charge is 2.45. The molecule has 1 N–H and O–H groups in total. The van der Waals surface area contributed by atoms with Gasteiger partial charge in [-0.2, -0.15) is 8.78 Å². The predicted molar refractivity (Wildman–Crippen MR) is 113 cm³/mol. The molecule has 2 amide bonds. The van der Waals surface area contributed by atoms with E-state index < -0.39 is 53.8 Å². The number of carbonyl (C=O) groups excluding carboxylic acids is 4.